The van der Waals surface area contributed by atoms with Crippen molar-refractivity contribution in [2.24, 2.45) is 0 Å². The van der Waals surface area contributed by atoms with E-state index in [0.717, 1.165) is 22.6 Å². The van der Waals surface area contributed by atoms with Crippen molar-refractivity contribution in [2.75, 3.05) is 18.1 Å². The molecule has 2 aromatic carbocycles. The number of anilines is 1. The highest BCUT2D eigenvalue weighted by Gasteiger charge is 2.49. The predicted molar refractivity (Wildman–Crippen MR) is 134 cm³/mol. The SMILES string of the molecule is CC1(C)C(=O)N(c2ccc(C#N)c(C(F)(F)F)c2)C(=S)N1CCCc1cccc(OCCCC(=O)O)c1. The van der Waals surface area contributed by atoms with E-state index in [1.807, 2.05) is 18.2 Å². The van der Waals surface area contributed by atoms with Crippen molar-refractivity contribution in [1.29, 1.82) is 5.26 Å². The Balaban J connectivity index is 1.69. The van der Waals surface area contributed by atoms with Crippen LogP contribution in [0.4, 0.5) is 18.9 Å². The summed E-state index contributed by atoms with van der Waals surface area (Å²) < 4.78 is 46.0. The predicted octanol–water partition coefficient (Wildman–Crippen LogP) is 5.17. The van der Waals surface area contributed by atoms with E-state index in [2.05, 4.69) is 0 Å². The van der Waals surface area contributed by atoms with E-state index < -0.39 is 34.7 Å². The summed E-state index contributed by atoms with van der Waals surface area (Å²) in [5.41, 5.74) is -1.78. The highest BCUT2D eigenvalue weighted by molar-refractivity contribution is 7.80. The highest BCUT2D eigenvalue weighted by Crippen LogP contribution is 2.38. The van der Waals surface area contributed by atoms with E-state index in [9.17, 15) is 22.8 Å². The van der Waals surface area contributed by atoms with Crippen LogP contribution in [0.15, 0.2) is 42.5 Å². The van der Waals surface area contributed by atoms with Crippen LogP contribution in [0.1, 0.15) is 49.8 Å². The van der Waals surface area contributed by atoms with E-state index in [0.29, 0.717) is 31.6 Å². The Labute approximate surface area is 218 Å². The molecule has 1 saturated heterocycles. The third-order valence-electron chi connectivity index (χ3n) is 6.06. The minimum absolute atomic E-state index is 0.0287. The third-order valence-corrected chi connectivity index (χ3v) is 6.46. The largest absolute Gasteiger partial charge is 0.494 e. The molecule has 1 N–H and O–H groups in total. The fourth-order valence-corrected chi connectivity index (χ4v) is 4.60. The second-order valence-corrected chi connectivity index (χ2v) is 9.44. The summed E-state index contributed by atoms with van der Waals surface area (Å²) in [5.74, 6) is -0.702. The van der Waals surface area contributed by atoms with Gasteiger partial charge in [0, 0.05) is 13.0 Å². The number of nitrogens with zero attached hydrogens (tertiary/aromatic N) is 3. The third kappa shape index (κ3) is 6.38. The smallest absolute Gasteiger partial charge is 0.417 e. The fourth-order valence-electron chi connectivity index (χ4n) is 4.09. The molecule has 0 unspecified atom stereocenters. The quantitative estimate of drug-likeness (QED) is 0.333. The molecule has 196 valence electrons. The van der Waals surface area contributed by atoms with Crippen molar-refractivity contribution in [3.63, 3.8) is 0 Å². The molecule has 1 heterocycles. The number of benzene rings is 2. The van der Waals surface area contributed by atoms with Gasteiger partial charge in [0.1, 0.15) is 11.3 Å². The zero-order valence-corrected chi connectivity index (χ0v) is 21.2. The van der Waals surface area contributed by atoms with Gasteiger partial charge in [0.15, 0.2) is 5.11 Å². The van der Waals surface area contributed by atoms with Crippen molar-refractivity contribution in [2.45, 2.75) is 51.2 Å². The van der Waals surface area contributed by atoms with Crippen LogP contribution in [-0.4, -0.2) is 45.7 Å². The van der Waals surface area contributed by atoms with E-state index in [1.165, 1.54) is 12.1 Å². The van der Waals surface area contributed by atoms with Gasteiger partial charge in [-0.2, -0.15) is 18.4 Å². The lowest BCUT2D eigenvalue weighted by atomic mass is 10.0. The van der Waals surface area contributed by atoms with Crippen molar-refractivity contribution in [1.82, 2.24) is 4.90 Å². The Morgan fingerprint density at radius 1 is 1.19 bits per heavy atom. The van der Waals surface area contributed by atoms with Crippen molar-refractivity contribution >= 4 is 34.9 Å². The molecule has 0 radical (unpaired) electrons. The molecule has 1 fully saturated rings. The summed E-state index contributed by atoms with van der Waals surface area (Å²) in [6.07, 6.45) is -3.09. The minimum Gasteiger partial charge on any atom is -0.494 e. The molecule has 11 heteroatoms. The molecule has 0 atom stereocenters. The molecule has 37 heavy (non-hydrogen) atoms. The van der Waals surface area contributed by atoms with Gasteiger partial charge in [-0.25, -0.2) is 0 Å². The molecular weight excluding hydrogens is 507 g/mol. The van der Waals surface area contributed by atoms with E-state index >= 15 is 0 Å². The molecular formula is C26H26F3N3O4S. The molecule has 3 rings (SSSR count). The van der Waals surface area contributed by atoms with Crippen LogP contribution in [0.25, 0.3) is 0 Å². The lowest BCUT2D eigenvalue weighted by molar-refractivity contribution is -0.138. The lowest BCUT2D eigenvalue weighted by Crippen LogP contribution is -2.44. The topological polar surface area (TPSA) is 93.9 Å². The molecule has 0 bridgehead atoms. The molecule has 0 aromatic heterocycles. The average molecular weight is 534 g/mol. The maximum atomic E-state index is 13.5. The number of nitriles is 1. The van der Waals surface area contributed by atoms with Gasteiger partial charge in [-0.05, 0) is 81.2 Å². The first-order chi connectivity index (χ1) is 17.4. The summed E-state index contributed by atoms with van der Waals surface area (Å²) in [4.78, 5) is 26.6. The van der Waals surface area contributed by atoms with Gasteiger partial charge in [0.05, 0.1) is 29.5 Å². The van der Waals surface area contributed by atoms with Gasteiger partial charge in [-0.3, -0.25) is 14.5 Å². The Hall–Kier alpha value is -3.65. The molecule has 0 spiro atoms. The number of thiocarbonyl (C=S) groups is 1. The van der Waals surface area contributed by atoms with Crippen molar-refractivity contribution in [3.05, 3.63) is 59.2 Å². The first-order valence-corrected chi connectivity index (χ1v) is 12.0. The normalized spacial score (nSPS) is 15.1. The summed E-state index contributed by atoms with van der Waals surface area (Å²) in [6, 6.07) is 12.1. The number of halogens is 3. The molecule has 1 amide bonds. The summed E-state index contributed by atoms with van der Waals surface area (Å²) in [5, 5.41) is 17.9. The maximum absolute atomic E-state index is 13.5. The Bertz CT molecular complexity index is 1240. The van der Waals surface area contributed by atoms with Gasteiger partial charge in [0.2, 0.25) is 0 Å². The van der Waals surface area contributed by atoms with Crippen molar-refractivity contribution < 1.29 is 32.6 Å². The summed E-state index contributed by atoms with van der Waals surface area (Å²) >= 11 is 5.52. The van der Waals surface area contributed by atoms with Crippen LogP contribution >= 0.6 is 12.2 Å². The van der Waals surface area contributed by atoms with E-state index in [4.69, 9.17) is 27.3 Å². The summed E-state index contributed by atoms with van der Waals surface area (Å²) in [7, 11) is 0. The van der Waals surface area contributed by atoms with Gasteiger partial charge >= 0.3 is 12.1 Å². The molecule has 0 saturated carbocycles. The number of hydrogen-bond donors (Lipinski definition) is 1. The number of carbonyl (C=O) groups excluding carboxylic acids is 1. The van der Waals surface area contributed by atoms with Crippen LogP contribution in [-0.2, 0) is 22.2 Å². The Kier molecular flexibility index (Phi) is 8.43. The van der Waals surface area contributed by atoms with E-state index in [-0.39, 0.29) is 23.8 Å². The minimum atomic E-state index is -4.75. The maximum Gasteiger partial charge on any atom is 0.417 e. The Morgan fingerprint density at radius 3 is 2.57 bits per heavy atom. The van der Waals surface area contributed by atoms with E-state index in [1.54, 1.807) is 24.8 Å². The number of aliphatic carboxylic acids is 1. The zero-order chi connectivity index (χ0) is 27.4. The number of carbonyl (C=O) groups is 2. The number of hydrogen-bond acceptors (Lipinski definition) is 5. The number of carboxylic acids is 1. The first kappa shape index (κ1) is 27.9. The molecule has 7 nitrogen and oxygen atoms in total. The van der Waals surface area contributed by atoms with Gasteiger partial charge in [-0.1, -0.05) is 12.1 Å². The number of carboxylic acid groups (broad SMARTS) is 1. The summed E-state index contributed by atoms with van der Waals surface area (Å²) in [6.45, 7) is 4.01. The van der Waals surface area contributed by atoms with Crippen LogP contribution in [0.5, 0.6) is 5.75 Å². The molecule has 2 aromatic rings. The fraction of sp³-hybridized carbons (Fsp3) is 0.385. The number of amides is 1. The van der Waals surface area contributed by atoms with Crippen LogP contribution in [0, 0.1) is 11.3 Å². The molecule has 1 aliphatic rings. The highest BCUT2D eigenvalue weighted by atomic mass is 32.1. The number of alkyl halides is 3. The van der Waals surface area contributed by atoms with Crippen LogP contribution in [0.2, 0.25) is 0 Å². The van der Waals surface area contributed by atoms with Crippen LogP contribution in [0.3, 0.4) is 0 Å². The van der Waals surface area contributed by atoms with Gasteiger partial charge < -0.3 is 14.7 Å². The molecule has 1 aliphatic heterocycles. The number of aryl methyl sites for hydroxylation is 1. The Morgan fingerprint density at radius 2 is 1.92 bits per heavy atom. The van der Waals surface area contributed by atoms with Crippen LogP contribution < -0.4 is 9.64 Å². The number of rotatable bonds is 10. The second-order valence-electron chi connectivity index (χ2n) is 9.07. The average Bonchev–Trinajstić information content (AvgIpc) is 3.00. The van der Waals surface area contributed by atoms with Gasteiger partial charge in [0.25, 0.3) is 5.91 Å². The monoisotopic (exact) mass is 533 g/mol. The standard InChI is InChI=1S/C26H26F3N3O4S/c1-25(2)23(35)32(19-11-10-18(16-30)21(15-19)26(27,28)29)24(37)31(25)12-4-7-17-6-3-8-20(14-17)36-13-5-9-22(33)34/h3,6,8,10-11,14-15H,4-5,7,9,12-13H2,1-2H3,(H,33,34). The first-order valence-electron chi connectivity index (χ1n) is 11.6. The second kappa shape index (κ2) is 11.2. The number of ether oxygens (including phenoxy) is 1. The van der Waals surface area contributed by atoms with Crippen molar-refractivity contribution in [3.8, 4) is 11.8 Å². The van der Waals surface area contributed by atoms with Gasteiger partial charge in [-0.15, -0.1) is 0 Å². The molecule has 0 aliphatic carbocycles. The lowest BCUT2D eigenvalue weighted by Gasteiger charge is -2.29. The zero-order valence-electron chi connectivity index (χ0n) is 20.3.